The quantitative estimate of drug-likeness (QED) is 0.864. The molecule has 2 aromatic rings. The van der Waals surface area contributed by atoms with Crippen molar-refractivity contribution < 1.29 is 9.47 Å². The van der Waals surface area contributed by atoms with Gasteiger partial charge in [-0.05, 0) is 38.0 Å². The summed E-state index contributed by atoms with van der Waals surface area (Å²) in [7, 11) is 0. The number of pyridine rings is 1. The summed E-state index contributed by atoms with van der Waals surface area (Å²) in [5.74, 6) is 1.53. The van der Waals surface area contributed by atoms with Crippen molar-refractivity contribution in [2.24, 2.45) is 0 Å². The van der Waals surface area contributed by atoms with Crippen molar-refractivity contribution in [1.29, 1.82) is 0 Å². The molecule has 4 heterocycles. The number of fused-ring (bicyclic) bond motifs is 1. The predicted octanol–water partition coefficient (Wildman–Crippen LogP) is 2.00. The Bertz CT molecular complexity index is 649. The van der Waals surface area contributed by atoms with Gasteiger partial charge >= 0.3 is 0 Å². The minimum atomic E-state index is -0.0432. The van der Waals surface area contributed by atoms with Crippen LogP contribution in [0.3, 0.4) is 0 Å². The highest BCUT2D eigenvalue weighted by Gasteiger charge is 2.46. The molecular weight excluding hydrogens is 292 g/mol. The fourth-order valence-electron chi connectivity index (χ4n) is 3.39. The van der Waals surface area contributed by atoms with Gasteiger partial charge in [0.2, 0.25) is 5.88 Å². The second kappa shape index (κ2) is 6.12. The lowest BCUT2D eigenvalue weighted by molar-refractivity contribution is -0.0372. The molecule has 0 aliphatic carbocycles. The molecular formula is C17H20N4O2. The van der Waals surface area contributed by atoms with Crippen LogP contribution >= 0.6 is 0 Å². The molecule has 0 radical (unpaired) electrons. The van der Waals surface area contributed by atoms with E-state index in [1.807, 2.05) is 37.3 Å². The minimum Gasteiger partial charge on any atom is -0.470 e. The van der Waals surface area contributed by atoms with Gasteiger partial charge in [0.25, 0.3) is 0 Å². The smallest absolute Gasteiger partial charge is 0.213 e. The molecule has 0 aromatic carbocycles. The van der Waals surface area contributed by atoms with Crippen LogP contribution in [0.5, 0.6) is 5.88 Å². The summed E-state index contributed by atoms with van der Waals surface area (Å²) in [5, 5.41) is 8.53. The molecule has 0 spiro atoms. The molecule has 2 saturated heterocycles. The molecule has 23 heavy (non-hydrogen) atoms. The van der Waals surface area contributed by atoms with Gasteiger partial charge in [-0.3, -0.25) is 0 Å². The maximum Gasteiger partial charge on any atom is 0.213 e. The molecule has 0 N–H and O–H groups in total. The maximum absolute atomic E-state index is 6.09. The van der Waals surface area contributed by atoms with Crippen LogP contribution in [0.4, 0.5) is 5.82 Å². The van der Waals surface area contributed by atoms with Crippen LogP contribution in [-0.2, 0) is 4.74 Å². The SMILES string of the molecule is Cc1ccc(N2C[C@@H](Oc3ccccn3)[C@H]3OCCC[C@H]32)nn1. The fourth-order valence-corrected chi connectivity index (χ4v) is 3.39. The number of nitrogens with zero attached hydrogens (tertiary/aromatic N) is 4. The van der Waals surface area contributed by atoms with Gasteiger partial charge in [0, 0.05) is 18.9 Å². The van der Waals surface area contributed by atoms with E-state index in [9.17, 15) is 0 Å². The third kappa shape index (κ3) is 2.86. The van der Waals surface area contributed by atoms with E-state index in [1.165, 1.54) is 0 Å². The molecule has 2 fully saturated rings. The van der Waals surface area contributed by atoms with Crippen molar-refractivity contribution in [1.82, 2.24) is 15.2 Å². The summed E-state index contributed by atoms with van der Waals surface area (Å²) in [4.78, 5) is 6.53. The Morgan fingerprint density at radius 2 is 2.17 bits per heavy atom. The van der Waals surface area contributed by atoms with E-state index in [0.29, 0.717) is 5.88 Å². The molecule has 2 aliphatic rings. The zero-order valence-electron chi connectivity index (χ0n) is 13.1. The minimum absolute atomic E-state index is 0.0432. The molecule has 6 heteroatoms. The molecule has 6 nitrogen and oxygen atoms in total. The Kier molecular flexibility index (Phi) is 3.83. The molecule has 3 atom stereocenters. The van der Waals surface area contributed by atoms with Gasteiger partial charge in [0.15, 0.2) is 5.82 Å². The van der Waals surface area contributed by atoms with E-state index in [-0.39, 0.29) is 18.2 Å². The van der Waals surface area contributed by atoms with E-state index < -0.39 is 0 Å². The lowest BCUT2D eigenvalue weighted by atomic mass is 10.0. The molecule has 2 aliphatic heterocycles. The standard InChI is InChI=1S/C17H20N4O2/c1-12-7-8-15(20-19-12)21-11-14(17-13(21)5-4-10-22-17)23-16-6-2-3-9-18-16/h2-3,6-9,13-14,17H,4-5,10-11H2,1H3/t13-,14-,17+/m1/s1. The van der Waals surface area contributed by atoms with Crippen molar-refractivity contribution in [2.45, 2.75) is 38.0 Å². The Morgan fingerprint density at radius 3 is 2.96 bits per heavy atom. The van der Waals surface area contributed by atoms with Gasteiger partial charge in [-0.25, -0.2) is 4.98 Å². The Labute approximate surface area is 135 Å². The first-order valence-electron chi connectivity index (χ1n) is 8.07. The summed E-state index contributed by atoms with van der Waals surface area (Å²) >= 11 is 0. The number of hydrogen-bond acceptors (Lipinski definition) is 6. The molecule has 0 saturated carbocycles. The third-order valence-electron chi connectivity index (χ3n) is 4.47. The van der Waals surface area contributed by atoms with Crippen molar-refractivity contribution in [3.63, 3.8) is 0 Å². The normalized spacial score (nSPS) is 26.8. The van der Waals surface area contributed by atoms with E-state index in [1.54, 1.807) is 6.20 Å². The monoisotopic (exact) mass is 312 g/mol. The Balaban J connectivity index is 1.58. The summed E-state index contributed by atoms with van der Waals surface area (Å²) < 4.78 is 12.1. The topological polar surface area (TPSA) is 60.4 Å². The summed E-state index contributed by atoms with van der Waals surface area (Å²) in [6.07, 6.45) is 3.90. The highest BCUT2D eigenvalue weighted by molar-refractivity contribution is 5.42. The van der Waals surface area contributed by atoms with Gasteiger partial charge in [-0.2, -0.15) is 5.10 Å². The van der Waals surface area contributed by atoms with Crippen LogP contribution in [-0.4, -0.2) is 46.6 Å². The molecule has 0 bridgehead atoms. The average Bonchev–Trinajstić information content (AvgIpc) is 2.95. The van der Waals surface area contributed by atoms with Crippen molar-refractivity contribution >= 4 is 5.82 Å². The van der Waals surface area contributed by atoms with Gasteiger partial charge in [-0.15, -0.1) is 5.10 Å². The third-order valence-corrected chi connectivity index (χ3v) is 4.47. The number of aromatic nitrogens is 3. The first kappa shape index (κ1) is 14.4. The van der Waals surface area contributed by atoms with E-state index in [0.717, 1.165) is 37.5 Å². The lowest BCUT2D eigenvalue weighted by Gasteiger charge is -2.32. The number of rotatable bonds is 3. The van der Waals surface area contributed by atoms with Crippen LogP contribution in [0.25, 0.3) is 0 Å². The highest BCUT2D eigenvalue weighted by Crippen LogP contribution is 2.33. The van der Waals surface area contributed by atoms with Crippen LogP contribution in [0.2, 0.25) is 0 Å². The van der Waals surface area contributed by atoms with E-state index >= 15 is 0 Å². The summed E-state index contributed by atoms with van der Waals surface area (Å²) in [5.41, 5.74) is 0.922. The van der Waals surface area contributed by atoms with Crippen LogP contribution in [0, 0.1) is 6.92 Å². The van der Waals surface area contributed by atoms with Crippen molar-refractivity contribution in [3.05, 3.63) is 42.2 Å². The molecule has 2 aromatic heterocycles. The van der Waals surface area contributed by atoms with Crippen molar-refractivity contribution in [3.8, 4) is 5.88 Å². The molecule has 4 rings (SSSR count). The second-order valence-electron chi connectivity index (χ2n) is 6.05. The highest BCUT2D eigenvalue weighted by atomic mass is 16.5. The largest absolute Gasteiger partial charge is 0.470 e. The Morgan fingerprint density at radius 1 is 1.22 bits per heavy atom. The maximum atomic E-state index is 6.09. The first-order valence-corrected chi connectivity index (χ1v) is 8.07. The van der Waals surface area contributed by atoms with Gasteiger partial charge < -0.3 is 14.4 Å². The zero-order chi connectivity index (χ0) is 15.6. The zero-order valence-corrected chi connectivity index (χ0v) is 13.1. The van der Waals surface area contributed by atoms with Crippen LogP contribution < -0.4 is 9.64 Å². The molecule has 120 valence electrons. The van der Waals surface area contributed by atoms with Gasteiger partial charge in [0.05, 0.1) is 18.3 Å². The lowest BCUT2D eigenvalue weighted by Crippen LogP contribution is -2.42. The second-order valence-corrected chi connectivity index (χ2v) is 6.05. The van der Waals surface area contributed by atoms with Gasteiger partial charge in [0.1, 0.15) is 12.2 Å². The fraction of sp³-hybridized carbons (Fsp3) is 0.471. The van der Waals surface area contributed by atoms with E-state index in [4.69, 9.17) is 9.47 Å². The summed E-state index contributed by atoms with van der Waals surface area (Å²) in [6.45, 7) is 3.47. The number of anilines is 1. The molecule has 0 amide bonds. The van der Waals surface area contributed by atoms with Crippen LogP contribution in [0.1, 0.15) is 18.5 Å². The predicted molar refractivity (Wildman–Crippen MR) is 85.5 cm³/mol. The molecule has 0 unspecified atom stereocenters. The van der Waals surface area contributed by atoms with Gasteiger partial charge in [-0.1, -0.05) is 6.07 Å². The van der Waals surface area contributed by atoms with Crippen molar-refractivity contribution in [2.75, 3.05) is 18.1 Å². The number of ether oxygens (including phenoxy) is 2. The number of hydrogen-bond donors (Lipinski definition) is 0. The number of aryl methyl sites for hydroxylation is 1. The Hall–Kier alpha value is -2.21. The summed E-state index contributed by atoms with van der Waals surface area (Å²) in [6, 6.07) is 10.0. The average molecular weight is 312 g/mol. The van der Waals surface area contributed by atoms with E-state index in [2.05, 4.69) is 20.1 Å². The van der Waals surface area contributed by atoms with Crippen LogP contribution in [0.15, 0.2) is 36.5 Å². The first-order chi connectivity index (χ1) is 11.3.